The molecule has 1 aromatic rings. The highest BCUT2D eigenvalue weighted by molar-refractivity contribution is 5.23. The smallest absolute Gasteiger partial charge is 0.129 e. The summed E-state index contributed by atoms with van der Waals surface area (Å²) >= 11 is 0. The Morgan fingerprint density at radius 3 is 2.31 bits per heavy atom. The number of hydrogen-bond acceptors (Lipinski definition) is 1. The van der Waals surface area contributed by atoms with Crippen molar-refractivity contribution in [2.75, 3.05) is 0 Å². The monoisotopic (exact) mass is 224 g/mol. The van der Waals surface area contributed by atoms with E-state index in [4.69, 9.17) is 0 Å². The molecule has 0 aromatic heterocycles. The predicted molar refractivity (Wildman–Crippen MR) is 64.7 cm³/mol. The van der Waals surface area contributed by atoms with Gasteiger partial charge in [0, 0.05) is 5.56 Å². The predicted octanol–water partition coefficient (Wildman–Crippen LogP) is 3.86. The zero-order chi connectivity index (χ0) is 12.2. The Labute approximate surface area is 97.3 Å². The number of hydrogen-bond donors (Lipinski definition) is 1. The zero-order valence-electron chi connectivity index (χ0n) is 10.3. The zero-order valence-corrected chi connectivity index (χ0v) is 10.3. The fourth-order valence-corrected chi connectivity index (χ4v) is 2.15. The second-order valence-electron chi connectivity index (χ2n) is 4.64. The van der Waals surface area contributed by atoms with Crippen molar-refractivity contribution in [3.05, 3.63) is 35.6 Å². The Kier molecular flexibility index (Phi) is 4.48. The van der Waals surface area contributed by atoms with Gasteiger partial charge in [-0.3, -0.25) is 0 Å². The molecule has 0 aliphatic rings. The first-order valence-electron chi connectivity index (χ1n) is 5.98. The van der Waals surface area contributed by atoms with Crippen LogP contribution in [0.4, 0.5) is 4.39 Å². The van der Waals surface area contributed by atoms with E-state index in [0.29, 0.717) is 17.9 Å². The van der Waals surface area contributed by atoms with Crippen LogP contribution in [0.1, 0.15) is 45.6 Å². The quantitative estimate of drug-likeness (QED) is 0.805. The van der Waals surface area contributed by atoms with E-state index in [-0.39, 0.29) is 5.82 Å². The fraction of sp³-hybridized carbons (Fsp3) is 0.571. The van der Waals surface area contributed by atoms with E-state index >= 15 is 0 Å². The van der Waals surface area contributed by atoms with Gasteiger partial charge in [0.1, 0.15) is 5.82 Å². The van der Waals surface area contributed by atoms with Crippen molar-refractivity contribution in [3.63, 3.8) is 0 Å². The maximum Gasteiger partial charge on any atom is 0.129 e. The van der Waals surface area contributed by atoms with Crippen LogP contribution < -0.4 is 0 Å². The van der Waals surface area contributed by atoms with Crippen LogP contribution in [0.2, 0.25) is 0 Å². The molecule has 90 valence electrons. The lowest BCUT2D eigenvalue weighted by Crippen LogP contribution is -2.26. The molecule has 1 N–H and O–H groups in total. The summed E-state index contributed by atoms with van der Waals surface area (Å²) in [6.45, 7) is 5.90. The van der Waals surface area contributed by atoms with E-state index in [2.05, 4.69) is 13.8 Å². The second kappa shape index (κ2) is 5.44. The lowest BCUT2D eigenvalue weighted by molar-refractivity contribution is 0.0252. The van der Waals surface area contributed by atoms with Crippen LogP contribution in [0.3, 0.4) is 0 Å². The molecular weight excluding hydrogens is 203 g/mol. The molecule has 0 radical (unpaired) electrons. The first-order chi connectivity index (χ1) is 7.51. The molecule has 1 aromatic carbocycles. The fourth-order valence-electron chi connectivity index (χ4n) is 2.15. The van der Waals surface area contributed by atoms with Crippen molar-refractivity contribution in [1.29, 1.82) is 0 Å². The number of halogens is 1. The molecule has 0 heterocycles. The average Bonchev–Trinajstić information content (AvgIpc) is 2.26. The normalized spacial score (nSPS) is 15.1. The van der Waals surface area contributed by atoms with E-state index in [1.165, 1.54) is 6.07 Å². The van der Waals surface area contributed by atoms with Gasteiger partial charge >= 0.3 is 0 Å². The van der Waals surface area contributed by atoms with Gasteiger partial charge in [0.2, 0.25) is 0 Å². The summed E-state index contributed by atoms with van der Waals surface area (Å²) in [5, 5.41) is 10.4. The number of benzene rings is 1. The van der Waals surface area contributed by atoms with E-state index in [0.717, 1.165) is 12.8 Å². The molecule has 0 aliphatic heterocycles. The molecule has 1 rings (SSSR count). The Morgan fingerprint density at radius 1 is 1.25 bits per heavy atom. The lowest BCUT2D eigenvalue weighted by Gasteiger charge is -2.28. The summed E-state index contributed by atoms with van der Waals surface area (Å²) in [5.74, 6) is 0.119. The summed E-state index contributed by atoms with van der Waals surface area (Å²) in [6.07, 6.45) is 2.64. The highest BCUT2D eigenvalue weighted by atomic mass is 19.1. The van der Waals surface area contributed by atoms with Crippen molar-refractivity contribution in [1.82, 2.24) is 0 Å². The molecule has 0 bridgehead atoms. The van der Waals surface area contributed by atoms with Gasteiger partial charge < -0.3 is 5.11 Å². The molecule has 16 heavy (non-hydrogen) atoms. The van der Waals surface area contributed by atoms with Crippen LogP contribution >= 0.6 is 0 Å². The average molecular weight is 224 g/mol. The molecular formula is C14H21FO. The standard InChI is InChI=1S/C14H21FO/c1-4-11(5-2)10-14(3,16)12-8-6-7-9-13(12)15/h6-9,11,16H,4-5,10H2,1-3H3. The molecule has 1 atom stereocenters. The Morgan fingerprint density at radius 2 is 1.81 bits per heavy atom. The van der Waals surface area contributed by atoms with Crippen molar-refractivity contribution >= 4 is 0 Å². The molecule has 2 heteroatoms. The van der Waals surface area contributed by atoms with Crippen LogP contribution in [0.25, 0.3) is 0 Å². The van der Waals surface area contributed by atoms with Crippen LogP contribution in [0, 0.1) is 11.7 Å². The minimum atomic E-state index is -1.07. The lowest BCUT2D eigenvalue weighted by atomic mass is 9.83. The van der Waals surface area contributed by atoms with Gasteiger partial charge in [0.05, 0.1) is 5.60 Å². The van der Waals surface area contributed by atoms with E-state index in [1.54, 1.807) is 25.1 Å². The second-order valence-corrected chi connectivity index (χ2v) is 4.64. The maximum absolute atomic E-state index is 13.6. The summed E-state index contributed by atoms with van der Waals surface area (Å²) in [7, 11) is 0. The van der Waals surface area contributed by atoms with Crippen molar-refractivity contribution in [3.8, 4) is 0 Å². The van der Waals surface area contributed by atoms with E-state index in [9.17, 15) is 9.50 Å². The summed E-state index contributed by atoms with van der Waals surface area (Å²) < 4.78 is 13.6. The van der Waals surface area contributed by atoms with Crippen molar-refractivity contribution in [2.45, 2.75) is 45.6 Å². The Bertz CT molecular complexity index is 329. The molecule has 1 unspecified atom stereocenters. The molecule has 1 nitrogen and oxygen atoms in total. The first kappa shape index (κ1) is 13.2. The molecule has 0 amide bonds. The minimum Gasteiger partial charge on any atom is -0.385 e. The minimum absolute atomic E-state index is 0.321. The highest BCUT2D eigenvalue weighted by Crippen LogP contribution is 2.32. The van der Waals surface area contributed by atoms with Crippen molar-refractivity contribution in [2.24, 2.45) is 5.92 Å². The highest BCUT2D eigenvalue weighted by Gasteiger charge is 2.28. The third kappa shape index (κ3) is 3.05. The molecule has 0 spiro atoms. The molecule has 0 saturated heterocycles. The summed E-state index contributed by atoms with van der Waals surface area (Å²) in [6, 6.07) is 6.47. The van der Waals surface area contributed by atoms with Gasteiger partial charge in [0.25, 0.3) is 0 Å². The third-order valence-electron chi connectivity index (χ3n) is 3.29. The van der Waals surface area contributed by atoms with Gasteiger partial charge in [0.15, 0.2) is 0 Å². The SMILES string of the molecule is CCC(CC)CC(C)(O)c1ccccc1F. The van der Waals surface area contributed by atoms with Gasteiger partial charge in [-0.1, -0.05) is 44.9 Å². The molecule has 0 aliphatic carbocycles. The van der Waals surface area contributed by atoms with E-state index < -0.39 is 5.60 Å². The maximum atomic E-state index is 13.6. The topological polar surface area (TPSA) is 20.2 Å². The van der Waals surface area contributed by atoms with Gasteiger partial charge in [-0.2, -0.15) is 0 Å². The van der Waals surface area contributed by atoms with Crippen LogP contribution in [0.5, 0.6) is 0 Å². The number of rotatable bonds is 5. The van der Waals surface area contributed by atoms with Gasteiger partial charge in [-0.05, 0) is 25.3 Å². The summed E-state index contributed by atoms with van der Waals surface area (Å²) in [5.41, 5.74) is -0.663. The first-order valence-corrected chi connectivity index (χ1v) is 5.98. The van der Waals surface area contributed by atoms with Gasteiger partial charge in [-0.25, -0.2) is 4.39 Å². The van der Waals surface area contributed by atoms with Crippen LogP contribution in [0.15, 0.2) is 24.3 Å². The third-order valence-corrected chi connectivity index (χ3v) is 3.29. The Hall–Kier alpha value is -0.890. The van der Waals surface area contributed by atoms with Gasteiger partial charge in [-0.15, -0.1) is 0 Å². The number of aliphatic hydroxyl groups is 1. The summed E-state index contributed by atoms with van der Waals surface area (Å²) in [4.78, 5) is 0. The van der Waals surface area contributed by atoms with Crippen molar-refractivity contribution < 1.29 is 9.50 Å². The molecule has 0 saturated carbocycles. The van der Waals surface area contributed by atoms with Crippen LogP contribution in [-0.4, -0.2) is 5.11 Å². The molecule has 0 fully saturated rings. The largest absolute Gasteiger partial charge is 0.385 e. The van der Waals surface area contributed by atoms with Crippen LogP contribution in [-0.2, 0) is 5.60 Å². The van der Waals surface area contributed by atoms with E-state index in [1.807, 2.05) is 0 Å². The Balaban J connectivity index is 2.89.